The predicted molar refractivity (Wildman–Crippen MR) is 95.3 cm³/mol. The Hall–Kier alpha value is -1.53. The van der Waals surface area contributed by atoms with Gasteiger partial charge in [-0.1, -0.05) is 43.3 Å². The minimum Gasteiger partial charge on any atom is -0.325 e. The third kappa shape index (κ3) is 4.72. The molecule has 0 atom stereocenters. The van der Waals surface area contributed by atoms with Crippen LogP contribution in [0, 0.1) is 0 Å². The van der Waals surface area contributed by atoms with Crippen LogP contribution in [0.4, 0.5) is 5.69 Å². The van der Waals surface area contributed by atoms with Crippen molar-refractivity contribution in [1.29, 1.82) is 0 Å². The summed E-state index contributed by atoms with van der Waals surface area (Å²) in [5.74, 6) is 1.41. The van der Waals surface area contributed by atoms with Crippen molar-refractivity contribution >= 4 is 35.0 Å². The second-order valence-corrected chi connectivity index (χ2v) is 7.19. The van der Waals surface area contributed by atoms with Crippen molar-refractivity contribution in [1.82, 2.24) is 14.8 Å². The third-order valence-corrected chi connectivity index (χ3v) is 4.34. The van der Waals surface area contributed by atoms with Crippen LogP contribution in [-0.4, -0.2) is 26.4 Å². The molecule has 124 valence electrons. The van der Waals surface area contributed by atoms with E-state index in [0.717, 1.165) is 11.0 Å². The first-order chi connectivity index (χ1) is 10.9. The number of nitrogens with one attached hydrogen (secondary N) is 1. The van der Waals surface area contributed by atoms with Crippen molar-refractivity contribution in [2.24, 2.45) is 0 Å². The highest BCUT2D eigenvalue weighted by molar-refractivity contribution is 7.99. The molecule has 23 heavy (non-hydrogen) atoms. The van der Waals surface area contributed by atoms with Crippen molar-refractivity contribution in [2.45, 2.75) is 44.8 Å². The van der Waals surface area contributed by atoms with Crippen molar-refractivity contribution in [3.63, 3.8) is 0 Å². The number of benzene rings is 1. The lowest BCUT2D eigenvalue weighted by molar-refractivity contribution is -0.113. The molecule has 1 heterocycles. The normalized spacial score (nSPS) is 11.3. The van der Waals surface area contributed by atoms with Gasteiger partial charge in [-0.05, 0) is 32.0 Å². The second-order valence-electron chi connectivity index (χ2n) is 5.81. The van der Waals surface area contributed by atoms with Crippen LogP contribution in [0.1, 0.15) is 45.5 Å². The number of hydrogen-bond acceptors (Lipinski definition) is 4. The van der Waals surface area contributed by atoms with E-state index in [9.17, 15) is 4.79 Å². The summed E-state index contributed by atoms with van der Waals surface area (Å²) in [6.45, 7) is 8.35. The molecule has 1 amide bonds. The summed E-state index contributed by atoms with van der Waals surface area (Å²) in [7, 11) is 0. The first kappa shape index (κ1) is 17.8. The number of amides is 1. The van der Waals surface area contributed by atoms with Crippen LogP contribution in [0.5, 0.6) is 0 Å². The van der Waals surface area contributed by atoms with Crippen LogP contribution >= 0.6 is 23.4 Å². The van der Waals surface area contributed by atoms with Gasteiger partial charge >= 0.3 is 0 Å². The van der Waals surface area contributed by atoms with Gasteiger partial charge in [0.1, 0.15) is 5.82 Å². The Bertz CT molecular complexity index is 684. The highest BCUT2D eigenvalue weighted by atomic mass is 35.5. The molecule has 5 nitrogen and oxygen atoms in total. The number of rotatable bonds is 6. The van der Waals surface area contributed by atoms with E-state index in [1.54, 1.807) is 18.2 Å². The third-order valence-electron chi connectivity index (χ3n) is 3.16. The Kier molecular flexibility index (Phi) is 6.07. The summed E-state index contributed by atoms with van der Waals surface area (Å²) in [6.07, 6.45) is 0. The molecule has 0 aliphatic heterocycles. The zero-order valence-electron chi connectivity index (χ0n) is 13.7. The Morgan fingerprint density at radius 3 is 2.65 bits per heavy atom. The van der Waals surface area contributed by atoms with E-state index in [1.807, 2.05) is 6.07 Å². The maximum Gasteiger partial charge on any atom is 0.234 e. The van der Waals surface area contributed by atoms with Gasteiger partial charge in [-0.15, -0.1) is 10.2 Å². The molecular weight excluding hydrogens is 332 g/mol. The zero-order valence-corrected chi connectivity index (χ0v) is 15.3. The fourth-order valence-corrected chi connectivity index (χ4v) is 3.22. The lowest BCUT2D eigenvalue weighted by Crippen LogP contribution is -2.15. The molecule has 0 radical (unpaired) electrons. The molecule has 0 spiro atoms. The summed E-state index contributed by atoms with van der Waals surface area (Å²) in [4.78, 5) is 12.1. The van der Waals surface area contributed by atoms with Gasteiger partial charge in [0.15, 0.2) is 5.16 Å². The molecule has 7 heteroatoms. The van der Waals surface area contributed by atoms with E-state index in [0.29, 0.717) is 16.6 Å². The number of thioether (sulfide) groups is 1. The van der Waals surface area contributed by atoms with Crippen LogP contribution in [0.3, 0.4) is 0 Å². The van der Waals surface area contributed by atoms with Gasteiger partial charge in [-0.2, -0.15) is 0 Å². The SMILES string of the molecule is CC(C)c1nnc(SCC(=O)Nc2cccc(Cl)c2)n1C(C)C. The lowest BCUT2D eigenvalue weighted by atomic mass is 10.2. The van der Waals surface area contributed by atoms with Crippen molar-refractivity contribution in [3.8, 4) is 0 Å². The number of aromatic nitrogens is 3. The average molecular weight is 353 g/mol. The fourth-order valence-electron chi connectivity index (χ4n) is 2.16. The maximum absolute atomic E-state index is 12.1. The first-order valence-corrected chi connectivity index (χ1v) is 8.88. The van der Waals surface area contributed by atoms with Crippen LogP contribution in [-0.2, 0) is 4.79 Å². The van der Waals surface area contributed by atoms with E-state index in [2.05, 4.69) is 47.8 Å². The number of halogens is 1. The molecule has 1 N–H and O–H groups in total. The summed E-state index contributed by atoms with van der Waals surface area (Å²) < 4.78 is 2.09. The summed E-state index contributed by atoms with van der Waals surface area (Å²) in [5, 5.41) is 12.7. The first-order valence-electron chi connectivity index (χ1n) is 7.51. The molecule has 0 saturated heterocycles. The fraction of sp³-hybridized carbons (Fsp3) is 0.438. The van der Waals surface area contributed by atoms with E-state index < -0.39 is 0 Å². The van der Waals surface area contributed by atoms with Crippen LogP contribution in [0.15, 0.2) is 29.4 Å². The zero-order chi connectivity index (χ0) is 17.0. The number of nitrogens with zero attached hydrogens (tertiary/aromatic N) is 3. The van der Waals surface area contributed by atoms with Gasteiger partial charge in [0.2, 0.25) is 5.91 Å². The number of anilines is 1. The molecule has 0 bridgehead atoms. The quantitative estimate of drug-likeness (QED) is 0.784. The van der Waals surface area contributed by atoms with Gasteiger partial charge in [-0.3, -0.25) is 4.79 Å². The maximum atomic E-state index is 12.1. The van der Waals surface area contributed by atoms with E-state index in [-0.39, 0.29) is 17.7 Å². The summed E-state index contributed by atoms with van der Waals surface area (Å²) in [6, 6.07) is 7.35. The van der Waals surface area contributed by atoms with E-state index >= 15 is 0 Å². The number of hydrogen-bond donors (Lipinski definition) is 1. The molecule has 0 fully saturated rings. The highest BCUT2D eigenvalue weighted by Crippen LogP contribution is 2.25. The average Bonchev–Trinajstić information content (AvgIpc) is 2.89. The Labute approximate surface area is 145 Å². The largest absolute Gasteiger partial charge is 0.325 e. The van der Waals surface area contributed by atoms with E-state index in [1.165, 1.54) is 11.8 Å². The van der Waals surface area contributed by atoms with Crippen LogP contribution in [0.2, 0.25) is 5.02 Å². The molecule has 0 unspecified atom stereocenters. The second kappa shape index (κ2) is 7.84. The van der Waals surface area contributed by atoms with Crippen molar-refractivity contribution in [2.75, 3.05) is 11.1 Å². The molecular formula is C16H21ClN4OS. The molecule has 1 aromatic heterocycles. The number of carbonyl (C=O) groups excluding carboxylic acids is 1. The smallest absolute Gasteiger partial charge is 0.234 e. The van der Waals surface area contributed by atoms with Crippen LogP contribution < -0.4 is 5.32 Å². The minimum absolute atomic E-state index is 0.0957. The minimum atomic E-state index is -0.0957. The molecule has 2 aromatic rings. The summed E-state index contributed by atoms with van der Waals surface area (Å²) >= 11 is 7.30. The van der Waals surface area contributed by atoms with Gasteiger partial charge < -0.3 is 9.88 Å². The standard InChI is InChI=1S/C16H21ClN4OS/c1-10(2)15-19-20-16(21(15)11(3)4)23-9-14(22)18-13-7-5-6-12(17)8-13/h5-8,10-11H,9H2,1-4H3,(H,18,22). The topological polar surface area (TPSA) is 59.8 Å². The van der Waals surface area contributed by atoms with E-state index in [4.69, 9.17) is 11.6 Å². The Balaban J connectivity index is 2.02. The lowest BCUT2D eigenvalue weighted by Gasteiger charge is -2.15. The molecule has 0 aliphatic carbocycles. The Morgan fingerprint density at radius 2 is 2.04 bits per heavy atom. The van der Waals surface area contributed by atoms with Gasteiger partial charge in [0.25, 0.3) is 0 Å². The monoisotopic (exact) mass is 352 g/mol. The highest BCUT2D eigenvalue weighted by Gasteiger charge is 2.18. The Morgan fingerprint density at radius 1 is 1.30 bits per heavy atom. The van der Waals surface area contributed by atoms with Gasteiger partial charge in [0.05, 0.1) is 5.75 Å². The van der Waals surface area contributed by atoms with Gasteiger partial charge in [-0.25, -0.2) is 0 Å². The molecule has 2 rings (SSSR count). The van der Waals surface area contributed by atoms with Crippen molar-refractivity contribution < 1.29 is 4.79 Å². The van der Waals surface area contributed by atoms with Gasteiger partial charge in [0, 0.05) is 22.7 Å². The van der Waals surface area contributed by atoms with Crippen LogP contribution in [0.25, 0.3) is 0 Å². The molecule has 0 aliphatic rings. The number of carbonyl (C=O) groups is 1. The summed E-state index contributed by atoms with van der Waals surface area (Å²) in [5.41, 5.74) is 0.691. The molecule has 0 saturated carbocycles. The van der Waals surface area contributed by atoms with Crippen molar-refractivity contribution in [3.05, 3.63) is 35.1 Å². The predicted octanol–water partition coefficient (Wildman–Crippen LogP) is 4.37. The molecule has 1 aromatic carbocycles.